The van der Waals surface area contributed by atoms with Gasteiger partial charge in [-0.25, -0.2) is 0 Å². The fourth-order valence-electron chi connectivity index (χ4n) is 2.54. The van der Waals surface area contributed by atoms with Gasteiger partial charge in [0, 0.05) is 44.7 Å². The monoisotopic (exact) mass is 307 g/mol. The molecule has 7 heteroatoms. The SMILES string of the molecule is O=C(O)CCCC(=O)N1CCN(c2cccc(NO)c2)CC1. The van der Waals surface area contributed by atoms with Crippen molar-refractivity contribution in [3.8, 4) is 0 Å². The van der Waals surface area contributed by atoms with Crippen LogP contribution in [0.2, 0.25) is 0 Å². The van der Waals surface area contributed by atoms with Crippen molar-refractivity contribution in [2.24, 2.45) is 0 Å². The molecule has 0 saturated carbocycles. The topological polar surface area (TPSA) is 93.1 Å². The summed E-state index contributed by atoms with van der Waals surface area (Å²) in [5.74, 6) is -0.846. The van der Waals surface area contributed by atoms with Gasteiger partial charge in [-0.15, -0.1) is 0 Å². The summed E-state index contributed by atoms with van der Waals surface area (Å²) in [7, 11) is 0. The minimum atomic E-state index is -0.866. The van der Waals surface area contributed by atoms with Gasteiger partial charge >= 0.3 is 5.97 Å². The lowest BCUT2D eigenvalue weighted by atomic mass is 10.2. The smallest absolute Gasteiger partial charge is 0.303 e. The van der Waals surface area contributed by atoms with Gasteiger partial charge < -0.3 is 14.9 Å². The third-order valence-electron chi connectivity index (χ3n) is 3.75. The molecule has 1 amide bonds. The van der Waals surface area contributed by atoms with E-state index in [1.54, 1.807) is 11.0 Å². The highest BCUT2D eigenvalue weighted by Crippen LogP contribution is 2.20. The van der Waals surface area contributed by atoms with E-state index < -0.39 is 5.97 Å². The zero-order valence-corrected chi connectivity index (χ0v) is 12.4. The van der Waals surface area contributed by atoms with Crippen molar-refractivity contribution in [3.63, 3.8) is 0 Å². The van der Waals surface area contributed by atoms with E-state index in [1.807, 2.05) is 18.2 Å². The number of carbonyl (C=O) groups excluding carboxylic acids is 1. The molecule has 0 bridgehead atoms. The van der Waals surface area contributed by atoms with E-state index in [0.29, 0.717) is 25.2 Å². The van der Waals surface area contributed by atoms with E-state index in [0.717, 1.165) is 18.8 Å². The van der Waals surface area contributed by atoms with Gasteiger partial charge in [-0.1, -0.05) is 6.07 Å². The third-order valence-corrected chi connectivity index (χ3v) is 3.75. The molecule has 0 unspecified atom stereocenters. The average Bonchev–Trinajstić information content (AvgIpc) is 2.54. The van der Waals surface area contributed by atoms with Crippen molar-refractivity contribution in [2.45, 2.75) is 19.3 Å². The molecule has 1 aromatic carbocycles. The zero-order chi connectivity index (χ0) is 15.9. The number of nitrogens with one attached hydrogen (secondary N) is 1. The Hall–Kier alpha value is -2.28. The molecule has 1 fully saturated rings. The number of nitrogens with zero attached hydrogens (tertiary/aromatic N) is 2. The Morgan fingerprint density at radius 1 is 1.14 bits per heavy atom. The van der Waals surface area contributed by atoms with Gasteiger partial charge in [0.2, 0.25) is 5.91 Å². The minimum Gasteiger partial charge on any atom is -0.481 e. The molecule has 1 aromatic rings. The average molecular weight is 307 g/mol. The Morgan fingerprint density at radius 3 is 2.50 bits per heavy atom. The zero-order valence-electron chi connectivity index (χ0n) is 12.4. The van der Waals surface area contributed by atoms with Crippen LogP contribution in [-0.4, -0.2) is 53.3 Å². The number of hydrogen-bond donors (Lipinski definition) is 3. The molecule has 0 radical (unpaired) electrons. The second kappa shape index (κ2) is 7.65. The molecule has 1 saturated heterocycles. The van der Waals surface area contributed by atoms with Crippen LogP contribution in [0.5, 0.6) is 0 Å². The molecule has 3 N–H and O–H groups in total. The Balaban J connectivity index is 1.82. The van der Waals surface area contributed by atoms with Crippen LogP contribution in [0.3, 0.4) is 0 Å². The molecule has 0 aliphatic carbocycles. The quantitative estimate of drug-likeness (QED) is 0.688. The van der Waals surface area contributed by atoms with Crippen molar-refractivity contribution >= 4 is 23.3 Å². The van der Waals surface area contributed by atoms with Crippen LogP contribution in [0, 0.1) is 0 Å². The fraction of sp³-hybridized carbons (Fsp3) is 0.467. The largest absolute Gasteiger partial charge is 0.481 e. The lowest BCUT2D eigenvalue weighted by Gasteiger charge is -2.36. The normalized spacial score (nSPS) is 14.8. The maximum Gasteiger partial charge on any atom is 0.303 e. The van der Waals surface area contributed by atoms with Gasteiger partial charge in [-0.05, 0) is 24.6 Å². The maximum atomic E-state index is 12.0. The van der Waals surface area contributed by atoms with E-state index in [4.69, 9.17) is 10.3 Å². The standard InChI is InChI=1S/C15H21N3O4/c19-14(5-2-6-15(20)21)18-9-7-17(8-10-18)13-4-1-3-12(11-13)16-22/h1,3-4,11,16,22H,2,5-10H2,(H,20,21). The van der Waals surface area contributed by atoms with E-state index >= 15 is 0 Å². The summed E-state index contributed by atoms with van der Waals surface area (Å²) in [5.41, 5.74) is 3.75. The van der Waals surface area contributed by atoms with Gasteiger partial charge in [0.05, 0.1) is 5.69 Å². The molecule has 1 heterocycles. The summed E-state index contributed by atoms with van der Waals surface area (Å²) in [6.07, 6.45) is 0.710. The summed E-state index contributed by atoms with van der Waals surface area (Å²) in [4.78, 5) is 26.4. The summed E-state index contributed by atoms with van der Waals surface area (Å²) < 4.78 is 0. The van der Waals surface area contributed by atoms with Crippen molar-refractivity contribution in [1.82, 2.24) is 4.90 Å². The molecule has 22 heavy (non-hydrogen) atoms. The van der Waals surface area contributed by atoms with Crippen molar-refractivity contribution < 1.29 is 19.9 Å². The second-order valence-corrected chi connectivity index (χ2v) is 5.28. The molecule has 0 spiro atoms. The number of hydrogen-bond acceptors (Lipinski definition) is 5. The van der Waals surface area contributed by atoms with Crippen molar-refractivity contribution in [1.29, 1.82) is 0 Å². The number of rotatable bonds is 6. The molecule has 2 rings (SSSR count). The molecule has 120 valence electrons. The number of piperazine rings is 1. The molecule has 7 nitrogen and oxygen atoms in total. The van der Waals surface area contributed by atoms with Crippen LogP contribution < -0.4 is 10.4 Å². The molecule has 1 aliphatic rings. The van der Waals surface area contributed by atoms with Crippen molar-refractivity contribution in [3.05, 3.63) is 24.3 Å². The highest BCUT2D eigenvalue weighted by atomic mass is 16.5. The Bertz CT molecular complexity index is 527. The highest BCUT2D eigenvalue weighted by molar-refractivity contribution is 5.77. The lowest BCUT2D eigenvalue weighted by Crippen LogP contribution is -2.48. The molecular formula is C15H21N3O4. The fourth-order valence-corrected chi connectivity index (χ4v) is 2.54. The number of anilines is 2. The van der Waals surface area contributed by atoms with Gasteiger partial charge in [-0.3, -0.25) is 20.3 Å². The Kier molecular flexibility index (Phi) is 5.60. The Morgan fingerprint density at radius 2 is 1.86 bits per heavy atom. The number of aliphatic carboxylic acids is 1. The predicted molar refractivity (Wildman–Crippen MR) is 82.1 cm³/mol. The number of carbonyl (C=O) groups is 2. The summed E-state index contributed by atoms with van der Waals surface area (Å²) in [6.45, 7) is 2.70. The van der Waals surface area contributed by atoms with E-state index in [2.05, 4.69) is 10.4 Å². The summed E-state index contributed by atoms with van der Waals surface area (Å²) >= 11 is 0. The first kappa shape index (κ1) is 16.1. The lowest BCUT2D eigenvalue weighted by molar-refractivity contribution is -0.137. The third kappa shape index (κ3) is 4.36. The number of benzene rings is 1. The first-order chi connectivity index (χ1) is 10.6. The molecule has 0 atom stereocenters. The number of amides is 1. The van der Waals surface area contributed by atoms with Gasteiger partial charge in [-0.2, -0.15) is 0 Å². The number of carboxylic acids is 1. The van der Waals surface area contributed by atoms with Crippen LogP contribution in [0.1, 0.15) is 19.3 Å². The van der Waals surface area contributed by atoms with Crippen LogP contribution in [0.15, 0.2) is 24.3 Å². The first-order valence-electron chi connectivity index (χ1n) is 7.35. The van der Waals surface area contributed by atoms with Crippen LogP contribution in [-0.2, 0) is 9.59 Å². The summed E-state index contributed by atoms with van der Waals surface area (Å²) in [5, 5.41) is 17.5. The maximum absolute atomic E-state index is 12.0. The van der Waals surface area contributed by atoms with E-state index in [1.165, 1.54) is 0 Å². The molecular weight excluding hydrogens is 286 g/mol. The predicted octanol–water partition coefficient (Wildman–Crippen LogP) is 1.39. The second-order valence-electron chi connectivity index (χ2n) is 5.28. The van der Waals surface area contributed by atoms with E-state index in [9.17, 15) is 9.59 Å². The first-order valence-corrected chi connectivity index (χ1v) is 7.35. The van der Waals surface area contributed by atoms with Crippen molar-refractivity contribution in [2.75, 3.05) is 36.6 Å². The molecule has 1 aliphatic heterocycles. The van der Waals surface area contributed by atoms with Gasteiger partial charge in [0.15, 0.2) is 0 Å². The van der Waals surface area contributed by atoms with Gasteiger partial charge in [0.25, 0.3) is 0 Å². The van der Waals surface area contributed by atoms with Crippen LogP contribution in [0.25, 0.3) is 0 Å². The van der Waals surface area contributed by atoms with E-state index in [-0.39, 0.29) is 18.7 Å². The van der Waals surface area contributed by atoms with Crippen LogP contribution >= 0.6 is 0 Å². The summed E-state index contributed by atoms with van der Waals surface area (Å²) in [6, 6.07) is 7.44. The van der Waals surface area contributed by atoms with Crippen LogP contribution in [0.4, 0.5) is 11.4 Å². The highest BCUT2D eigenvalue weighted by Gasteiger charge is 2.21. The van der Waals surface area contributed by atoms with Gasteiger partial charge in [0.1, 0.15) is 0 Å². The number of carboxylic acid groups (broad SMARTS) is 1. The Labute approximate surface area is 129 Å². The minimum absolute atomic E-state index is 0.0201. The molecule has 0 aromatic heterocycles.